The summed E-state index contributed by atoms with van der Waals surface area (Å²) in [5.41, 5.74) is -1.53. The van der Waals surface area contributed by atoms with Crippen LogP contribution in [0.15, 0.2) is 23.8 Å². The number of carboxylic acids is 2. The first-order valence-electron chi connectivity index (χ1n) is 8.58. The third-order valence-corrected chi connectivity index (χ3v) is 6.51. The van der Waals surface area contributed by atoms with Gasteiger partial charge in [-0.1, -0.05) is 46.8 Å². The molecule has 0 fully saturated rings. The minimum absolute atomic E-state index is 0. The minimum Gasteiger partial charge on any atom is -0.479 e. The maximum Gasteiger partial charge on any atom is 1.00 e. The molecule has 144 valence electrons. The van der Waals surface area contributed by atoms with Crippen LogP contribution < -0.4 is 18.9 Å². The molecule has 1 aliphatic carbocycles. The van der Waals surface area contributed by atoms with Crippen molar-refractivity contribution < 1.29 is 43.1 Å². The zero-order valence-electron chi connectivity index (χ0n) is 17.5. The Kier molecular flexibility index (Phi) is 11.1. The van der Waals surface area contributed by atoms with Gasteiger partial charge in [-0.3, -0.25) is 0 Å². The number of allylic oxidation sites excluding steroid dienone is 2. The van der Waals surface area contributed by atoms with Gasteiger partial charge in [0.1, 0.15) is 0 Å². The molecule has 0 saturated carbocycles. The molecule has 0 aliphatic heterocycles. The average Bonchev–Trinajstić information content (AvgIpc) is 2.38. The Balaban J connectivity index is 0. The second kappa shape index (κ2) is 10.5. The summed E-state index contributed by atoms with van der Waals surface area (Å²) in [6.45, 7) is 17.3. The van der Waals surface area contributed by atoms with Crippen LogP contribution in [0.1, 0.15) is 41.0 Å². The van der Waals surface area contributed by atoms with E-state index in [0.29, 0.717) is 0 Å². The van der Waals surface area contributed by atoms with E-state index in [1.54, 1.807) is 6.92 Å². The fraction of sp³-hybridized carbons (Fsp3) is 0.632. The zero-order valence-corrected chi connectivity index (χ0v) is 18.5. The molecular weight excluding hydrogens is 343 g/mol. The predicted octanol–water partition coefficient (Wildman–Crippen LogP) is 1.53. The second-order valence-electron chi connectivity index (χ2n) is 8.21. The first kappa shape index (κ1) is 27.4. The largest absolute Gasteiger partial charge is 1.00 e. The number of aliphatic carboxylic acids is 2. The van der Waals surface area contributed by atoms with Crippen molar-refractivity contribution in [2.75, 3.05) is 0 Å². The standard InChI is InChI=1S/C16H26O5Si.C3H7.Li/c1-11-12(13(17)18)8-7-9-16(11,14(19)20)21-22(5,6)10-15(2,3)4;1-3-2;/h7-9,11H,10H2,1-6H3,(H,17,18)(H,19,20);1,3H2,2H3;/q;-1;+1. The summed E-state index contributed by atoms with van der Waals surface area (Å²) < 4.78 is 6.14. The van der Waals surface area contributed by atoms with E-state index in [9.17, 15) is 19.8 Å². The van der Waals surface area contributed by atoms with Gasteiger partial charge < -0.3 is 21.6 Å². The van der Waals surface area contributed by atoms with E-state index < -0.39 is 31.8 Å². The van der Waals surface area contributed by atoms with Crippen LogP contribution in [0.25, 0.3) is 0 Å². The van der Waals surface area contributed by atoms with Crippen LogP contribution >= 0.6 is 0 Å². The first-order chi connectivity index (χ1) is 11.2. The van der Waals surface area contributed by atoms with Crippen molar-refractivity contribution in [3.8, 4) is 0 Å². The molecular formula is C19H33LiO5Si. The van der Waals surface area contributed by atoms with Gasteiger partial charge >= 0.3 is 30.8 Å². The fourth-order valence-corrected chi connectivity index (χ4v) is 7.14. The Labute approximate surface area is 171 Å². The molecule has 0 bridgehead atoms. The predicted molar refractivity (Wildman–Crippen MR) is 103 cm³/mol. The van der Waals surface area contributed by atoms with Crippen molar-refractivity contribution in [3.05, 3.63) is 30.7 Å². The number of carboxylic acid groups (broad SMARTS) is 2. The van der Waals surface area contributed by atoms with Crippen molar-refractivity contribution in [2.24, 2.45) is 11.3 Å². The number of hydrogen-bond acceptors (Lipinski definition) is 3. The molecule has 0 spiro atoms. The summed E-state index contributed by atoms with van der Waals surface area (Å²) in [6.07, 6.45) is 5.39. The molecule has 0 amide bonds. The van der Waals surface area contributed by atoms with E-state index in [-0.39, 0.29) is 29.8 Å². The molecule has 2 N–H and O–H groups in total. The van der Waals surface area contributed by atoms with Crippen molar-refractivity contribution in [3.63, 3.8) is 0 Å². The van der Waals surface area contributed by atoms with E-state index in [1.807, 2.05) is 20.0 Å². The molecule has 0 aromatic rings. The van der Waals surface area contributed by atoms with Crippen molar-refractivity contribution in [1.82, 2.24) is 0 Å². The number of carbonyl (C=O) groups is 2. The van der Waals surface area contributed by atoms with Crippen LogP contribution in [0.4, 0.5) is 0 Å². The molecule has 26 heavy (non-hydrogen) atoms. The van der Waals surface area contributed by atoms with Gasteiger partial charge in [-0.25, -0.2) is 9.59 Å². The van der Waals surface area contributed by atoms with Crippen molar-refractivity contribution >= 4 is 20.3 Å². The Hall–Kier alpha value is -0.806. The smallest absolute Gasteiger partial charge is 0.479 e. The summed E-state index contributed by atoms with van der Waals surface area (Å²) >= 11 is 0. The van der Waals surface area contributed by atoms with Crippen LogP contribution in [0.3, 0.4) is 0 Å². The molecule has 0 aromatic heterocycles. The van der Waals surface area contributed by atoms with Gasteiger partial charge in [0.25, 0.3) is 0 Å². The molecule has 2 unspecified atom stereocenters. The van der Waals surface area contributed by atoms with Crippen LogP contribution in [-0.4, -0.2) is 36.1 Å². The third-order valence-electron chi connectivity index (χ3n) is 3.71. The van der Waals surface area contributed by atoms with Gasteiger partial charge in [-0.15, -0.1) is 0 Å². The summed E-state index contributed by atoms with van der Waals surface area (Å²) in [7, 11) is -2.32. The summed E-state index contributed by atoms with van der Waals surface area (Å²) in [4.78, 5) is 23.3. The Morgan fingerprint density at radius 1 is 1.31 bits per heavy atom. The van der Waals surface area contributed by atoms with Crippen LogP contribution in [0.2, 0.25) is 19.1 Å². The Bertz CT molecular complexity index is 549. The van der Waals surface area contributed by atoms with Crippen LogP contribution in [0.5, 0.6) is 0 Å². The van der Waals surface area contributed by atoms with Gasteiger partial charge in [-0.05, 0) is 30.6 Å². The first-order valence-corrected chi connectivity index (χ1v) is 11.7. The van der Waals surface area contributed by atoms with E-state index in [1.165, 1.54) is 18.2 Å². The summed E-state index contributed by atoms with van der Waals surface area (Å²) in [6, 6.07) is 0.779. The van der Waals surface area contributed by atoms with Gasteiger partial charge in [0.2, 0.25) is 0 Å². The van der Waals surface area contributed by atoms with Crippen LogP contribution in [-0.2, 0) is 14.0 Å². The molecule has 1 aliphatic rings. The molecule has 0 radical (unpaired) electrons. The Morgan fingerprint density at radius 2 is 1.77 bits per heavy atom. The topological polar surface area (TPSA) is 83.8 Å². The monoisotopic (exact) mass is 376 g/mol. The van der Waals surface area contributed by atoms with E-state index in [2.05, 4.69) is 27.7 Å². The maximum absolute atomic E-state index is 11.9. The third kappa shape index (κ3) is 7.83. The average molecular weight is 376 g/mol. The molecule has 7 heteroatoms. The van der Waals surface area contributed by atoms with Gasteiger partial charge in [-0.2, -0.15) is 6.42 Å². The van der Waals surface area contributed by atoms with Gasteiger partial charge in [0.15, 0.2) is 13.9 Å². The van der Waals surface area contributed by atoms with Crippen molar-refractivity contribution in [1.29, 1.82) is 0 Å². The van der Waals surface area contributed by atoms with E-state index >= 15 is 0 Å². The maximum atomic E-state index is 11.9. The van der Waals surface area contributed by atoms with Gasteiger partial charge in [0, 0.05) is 11.5 Å². The molecule has 0 aromatic carbocycles. The number of hydrogen-bond donors (Lipinski definition) is 2. The number of rotatable bonds is 5. The van der Waals surface area contributed by atoms with Crippen LogP contribution in [0, 0.1) is 18.3 Å². The summed E-state index contributed by atoms with van der Waals surface area (Å²) in [5.74, 6) is -3.00. The summed E-state index contributed by atoms with van der Waals surface area (Å²) in [5, 5.41) is 19.0. The van der Waals surface area contributed by atoms with E-state index in [0.717, 1.165) is 12.5 Å². The molecule has 1 rings (SSSR count). The van der Waals surface area contributed by atoms with Crippen molar-refractivity contribution in [2.45, 2.75) is 65.8 Å². The minimum atomic E-state index is -2.32. The SMILES string of the molecule is CC1C(C(=O)O)=CC=CC1(O[Si](C)(C)CC(C)(C)C)C(=O)O.[CH2-]CC.[Li+]. The molecule has 2 atom stereocenters. The fourth-order valence-electron chi connectivity index (χ4n) is 3.26. The molecule has 0 saturated heterocycles. The zero-order chi connectivity index (χ0) is 20.1. The Morgan fingerprint density at radius 3 is 2.12 bits per heavy atom. The van der Waals surface area contributed by atoms with Gasteiger partial charge in [0.05, 0.1) is 0 Å². The van der Waals surface area contributed by atoms with E-state index in [4.69, 9.17) is 4.43 Å². The molecule has 5 nitrogen and oxygen atoms in total. The normalized spacial score (nSPS) is 22.5. The molecule has 0 heterocycles. The second-order valence-corrected chi connectivity index (χ2v) is 12.3. The quantitative estimate of drug-likeness (QED) is 0.562.